The van der Waals surface area contributed by atoms with Crippen molar-refractivity contribution in [3.8, 4) is 5.75 Å². The maximum Gasteiger partial charge on any atom is 0.126 e. The molecule has 1 atom stereocenters. The second kappa shape index (κ2) is 6.24. The first-order valence-electron chi connectivity index (χ1n) is 5.84. The minimum absolute atomic E-state index is 0.290. The van der Waals surface area contributed by atoms with Gasteiger partial charge in [0.25, 0.3) is 0 Å². The fourth-order valence-corrected chi connectivity index (χ4v) is 1.76. The van der Waals surface area contributed by atoms with E-state index in [9.17, 15) is 4.79 Å². The van der Waals surface area contributed by atoms with Crippen molar-refractivity contribution in [2.24, 2.45) is 5.41 Å². The first kappa shape index (κ1) is 13.5. The van der Waals surface area contributed by atoms with E-state index in [1.165, 1.54) is 5.56 Å². The van der Waals surface area contributed by atoms with Gasteiger partial charge in [0.15, 0.2) is 0 Å². The molecule has 1 unspecified atom stereocenters. The summed E-state index contributed by atoms with van der Waals surface area (Å²) in [7, 11) is 1.66. The van der Waals surface area contributed by atoms with Crippen molar-refractivity contribution in [3.05, 3.63) is 42.5 Å². The number of methoxy groups -OCH3 is 1. The number of hydrogen-bond acceptors (Lipinski definition) is 2. The number of carbonyl (C=O) groups is 1. The van der Waals surface area contributed by atoms with Crippen molar-refractivity contribution in [1.29, 1.82) is 0 Å². The highest BCUT2D eigenvalue weighted by Gasteiger charge is 2.21. The molecule has 1 aromatic carbocycles. The van der Waals surface area contributed by atoms with Gasteiger partial charge in [-0.25, -0.2) is 0 Å². The molecule has 0 saturated heterocycles. The second-order valence-electron chi connectivity index (χ2n) is 4.61. The average molecular weight is 232 g/mol. The van der Waals surface area contributed by atoms with Gasteiger partial charge in [-0.15, -0.1) is 6.58 Å². The Bertz CT molecular complexity index is 367. The fourth-order valence-electron chi connectivity index (χ4n) is 1.76. The molecular formula is C15H20O2. The Morgan fingerprint density at radius 3 is 2.47 bits per heavy atom. The van der Waals surface area contributed by atoms with Crippen LogP contribution in [0.1, 0.15) is 25.3 Å². The van der Waals surface area contributed by atoms with E-state index in [0.29, 0.717) is 0 Å². The Morgan fingerprint density at radius 2 is 2.00 bits per heavy atom. The van der Waals surface area contributed by atoms with Crippen LogP contribution < -0.4 is 4.74 Å². The van der Waals surface area contributed by atoms with E-state index in [-0.39, 0.29) is 5.41 Å². The molecule has 1 aromatic rings. The molecule has 0 heterocycles. The summed E-state index contributed by atoms with van der Waals surface area (Å²) in [6.07, 6.45) is 5.31. The van der Waals surface area contributed by atoms with Crippen LogP contribution in [0.15, 0.2) is 36.9 Å². The molecule has 2 heteroatoms. The van der Waals surface area contributed by atoms with Crippen LogP contribution in [-0.2, 0) is 11.2 Å². The van der Waals surface area contributed by atoms with Crippen molar-refractivity contribution >= 4 is 6.29 Å². The van der Waals surface area contributed by atoms with Crippen LogP contribution in [0.2, 0.25) is 0 Å². The highest BCUT2D eigenvalue weighted by Crippen LogP contribution is 2.26. The van der Waals surface area contributed by atoms with Gasteiger partial charge in [0.1, 0.15) is 12.0 Å². The molecule has 2 nitrogen and oxygen atoms in total. The third-order valence-corrected chi connectivity index (χ3v) is 3.04. The average Bonchev–Trinajstić information content (AvgIpc) is 2.37. The van der Waals surface area contributed by atoms with Crippen molar-refractivity contribution < 1.29 is 9.53 Å². The Labute approximate surface area is 103 Å². The molecule has 0 aliphatic carbocycles. The Morgan fingerprint density at radius 1 is 1.35 bits per heavy atom. The zero-order valence-corrected chi connectivity index (χ0v) is 10.6. The number of allylic oxidation sites excluding steroid dienone is 1. The Balaban J connectivity index is 2.59. The largest absolute Gasteiger partial charge is 0.497 e. The molecule has 0 saturated carbocycles. The number of carbonyl (C=O) groups excluding carboxylic acids is 1. The molecule has 0 N–H and O–H groups in total. The summed E-state index contributed by atoms with van der Waals surface area (Å²) in [5, 5.41) is 0. The maximum absolute atomic E-state index is 11.1. The smallest absolute Gasteiger partial charge is 0.126 e. The molecule has 0 fully saturated rings. The summed E-state index contributed by atoms with van der Waals surface area (Å²) in [5.41, 5.74) is 0.935. The summed E-state index contributed by atoms with van der Waals surface area (Å²) in [5.74, 6) is 0.859. The predicted octanol–water partition coefficient (Wildman–Crippen LogP) is 3.41. The molecule has 0 spiro atoms. The van der Waals surface area contributed by atoms with Gasteiger partial charge < -0.3 is 9.53 Å². The quantitative estimate of drug-likeness (QED) is 0.532. The van der Waals surface area contributed by atoms with Crippen LogP contribution in [0.3, 0.4) is 0 Å². The Hall–Kier alpha value is -1.57. The minimum atomic E-state index is -0.290. The fraction of sp³-hybridized carbons (Fsp3) is 0.400. The topological polar surface area (TPSA) is 26.3 Å². The number of benzene rings is 1. The standard InChI is InChI=1S/C15H20O2/c1-4-10-15(2,12-16)11-9-13-5-7-14(17-3)8-6-13/h4-8,12H,1,9-11H2,2-3H3. The van der Waals surface area contributed by atoms with Crippen LogP contribution >= 0.6 is 0 Å². The van der Waals surface area contributed by atoms with Gasteiger partial charge in [0.05, 0.1) is 7.11 Å². The van der Waals surface area contributed by atoms with Crippen LogP contribution in [0.5, 0.6) is 5.75 Å². The predicted molar refractivity (Wildman–Crippen MR) is 70.3 cm³/mol. The normalized spacial score (nSPS) is 13.8. The molecule has 0 aromatic heterocycles. The maximum atomic E-state index is 11.1. The minimum Gasteiger partial charge on any atom is -0.497 e. The van der Waals surface area contributed by atoms with E-state index in [1.807, 2.05) is 37.3 Å². The third-order valence-electron chi connectivity index (χ3n) is 3.04. The van der Waals surface area contributed by atoms with E-state index < -0.39 is 0 Å². The molecule has 0 aliphatic heterocycles. The molecule has 17 heavy (non-hydrogen) atoms. The monoisotopic (exact) mass is 232 g/mol. The second-order valence-corrected chi connectivity index (χ2v) is 4.61. The number of rotatable bonds is 7. The van der Waals surface area contributed by atoms with Gasteiger partial charge in [-0.1, -0.05) is 25.1 Å². The van der Waals surface area contributed by atoms with Gasteiger partial charge in [-0.2, -0.15) is 0 Å². The lowest BCUT2D eigenvalue weighted by Gasteiger charge is -2.20. The molecular weight excluding hydrogens is 212 g/mol. The van der Waals surface area contributed by atoms with Crippen LogP contribution in [-0.4, -0.2) is 13.4 Å². The summed E-state index contributed by atoms with van der Waals surface area (Å²) in [4.78, 5) is 11.1. The van der Waals surface area contributed by atoms with Crippen molar-refractivity contribution in [2.75, 3.05) is 7.11 Å². The lowest BCUT2D eigenvalue weighted by Crippen LogP contribution is -2.18. The first-order valence-corrected chi connectivity index (χ1v) is 5.84. The zero-order valence-electron chi connectivity index (χ0n) is 10.6. The summed E-state index contributed by atoms with van der Waals surface area (Å²) >= 11 is 0. The summed E-state index contributed by atoms with van der Waals surface area (Å²) < 4.78 is 5.10. The SMILES string of the molecule is C=CCC(C)(C=O)CCc1ccc(OC)cc1. The highest BCUT2D eigenvalue weighted by atomic mass is 16.5. The molecule has 1 rings (SSSR count). The first-order chi connectivity index (χ1) is 8.13. The number of ether oxygens (including phenoxy) is 1. The van der Waals surface area contributed by atoms with E-state index in [2.05, 4.69) is 6.58 Å². The van der Waals surface area contributed by atoms with Crippen molar-refractivity contribution in [2.45, 2.75) is 26.2 Å². The van der Waals surface area contributed by atoms with Crippen LogP contribution in [0, 0.1) is 5.41 Å². The molecule has 0 radical (unpaired) electrons. The van der Waals surface area contributed by atoms with Crippen LogP contribution in [0.4, 0.5) is 0 Å². The third kappa shape index (κ3) is 4.06. The number of aryl methyl sites for hydroxylation is 1. The van der Waals surface area contributed by atoms with E-state index in [0.717, 1.165) is 31.3 Å². The Kier molecular flexibility index (Phi) is 4.95. The summed E-state index contributed by atoms with van der Waals surface area (Å²) in [6, 6.07) is 7.97. The van der Waals surface area contributed by atoms with Crippen molar-refractivity contribution in [3.63, 3.8) is 0 Å². The van der Waals surface area contributed by atoms with Gasteiger partial charge in [-0.3, -0.25) is 0 Å². The highest BCUT2D eigenvalue weighted by molar-refractivity contribution is 5.59. The lowest BCUT2D eigenvalue weighted by atomic mass is 9.82. The lowest BCUT2D eigenvalue weighted by molar-refractivity contribution is -0.115. The number of hydrogen-bond donors (Lipinski definition) is 0. The van der Waals surface area contributed by atoms with E-state index >= 15 is 0 Å². The van der Waals surface area contributed by atoms with Crippen molar-refractivity contribution in [1.82, 2.24) is 0 Å². The van der Waals surface area contributed by atoms with Gasteiger partial charge in [-0.05, 0) is 37.0 Å². The van der Waals surface area contributed by atoms with Crippen LogP contribution in [0.25, 0.3) is 0 Å². The van der Waals surface area contributed by atoms with Gasteiger partial charge in [0.2, 0.25) is 0 Å². The molecule has 92 valence electrons. The van der Waals surface area contributed by atoms with E-state index in [4.69, 9.17) is 4.74 Å². The van der Waals surface area contributed by atoms with Gasteiger partial charge >= 0.3 is 0 Å². The molecule has 0 amide bonds. The summed E-state index contributed by atoms with van der Waals surface area (Å²) in [6.45, 7) is 5.67. The number of aldehydes is 1. The molecule has 0 bridgehead atoms. The zero-order chi connectivity index (χ0) is 12.7. The van der Waals surface area contributed by atoms with Gasteiger partial charge in [0, 0.05) is 5.41 Å². The van der Waals surface area contributed by atoms with E-state index in [1.54, 1.807) is 7.11 Å². The molecule has 0 aliphatic rings.